The Kier molecular flexibility index (Phi) is 6.82. The zero-order chi connectivity index (χ0) is 19.4. The smallest absolute Gasteiger partial charge is 0.339 e. The maximum atomic E-state index is 12.5. The van der Waals surface area contributed by atoms with Gasteiger partial charge in [-0.15, -0.1) is 0 Å². The number of rotatable bonds is 6. The number of carbonyl (C=O) groups excluding carboxylic acids is 2. The molecular formula is C19H27O5Si. The third kappa shape index (κ3) is 6.90. The van der Waals surface area contributed by atoms with E-state index in [1.54, 1.807) is 40.7 Å². The molecule has 0 spiro atoms. The number of aryl methyl sites for hydroxylation is 1. The van der Waals surface area contributed by atoms with Gasteiger partial charge in [-0.2, -0.15) is 0 Å². The van der Waals surface area contributed by atoms with Crippen LogP contribution in [0.25, 0.3) is 0 Å². The third-order valence-corrected chi connectivity index (χ3v) is 4.43. The third-order valence-electron chi connectivity index (χ3n) is 3.73. The first kappa shape index (κ1) is 21.2. The topological polar surface area (TPSA) is 72.8 Å². The highest BCUT2D eigenvalue weighted by molar-refractivity contribution is 6.12. The van der Waals surface area contributed by atoms with Crippen LogP contribution in [-0.2, 0) is 20.7 Å². The standard InChI is InChI=1S/C19H27O5Si/c1-12(25)19(5,6)24-17(22)15-11-14(20)9-7-13(15)8-10-16(21)23-18(2,3)4/h7,9,11-12,20H,8,10H2,1-6H3. The zero-order valence-electron chi connectivity index (χ0n) is 15.8. The lowest BCUT2D eigenvalue weighted by Gasteiger charge is -2.29. The monoisotopic (exact) mass is 363 g/mol. The van der Waals surface area contributed by atoms with E-state index < -0.39 is 17.2 Å². The predicted octanol–water partition coefficient (Wildman–Crippen LogP) is 3.58. The lowest BCUT2D eigenvalue weighted by atomic mass is 10.0. The fourth-order valence-electron chi connectivity index (χ4n) is 1.98. The Bertz CT molecular complexity index is 629. The molecule has 0 aromatic heterocycles. The van der Waals surface area contributed by atoms with Crippen LogP contribution in [0.4, 0.5) is 0 Å². The van der Waals surface area contributed by atoms with E-state index in [1.807, 2.05) is 6.92 Å². The molecule has 0 aliphatic carbocycles. The van der Waals surface area contributed by atoms with Crippen molar-refractivity contribution in [3.8, 4) is 5.75 Å². The summed E-state index contributed by atoms with van der Waals surface area (Å²) >= 11 is 0. The van der Waals surface area contributed by atoms with E-state index in [0.717, 1.165) is 0 Å². The summed E-state index contributed by atoms with van der Waals surface area (Å²) in [7, 11) is 3.47. The van der Waals surface area contributed by atoms with Gasteiger partial charge in [0.2, 0.25) is 0 Å². The van der Waals surface area contributed by atoms with Gasteiger partial charge in [0.05, 0.1) is 5.56 Å². The van der Waals surface area contributed by atoms with E-state index in [9.17, 15) is 14.7 Å². The van der Waals surface area contributed by atoms with Crippen LogP contribution in [0.5, 0.6) is 5.75 Å². The number of hydrogen-bond donors (Lipinski definition) is 1. The second-order valence-corrected chi connectivity index (χ2v) is 8.51. The molecule has 0 saturated carbocycles. The van der Waals surface area contributed by atoms with Crippen LogP contribution in [0.15, 0.2) is 18.2 Å². The summed E-state index contributed by atoms with van der Waals surface area (Å²) in [6.07, 6.45) is 0.462. The Labute approximate surface area is 153 Å². The zero-order valence-corrected chi connectivity index (χ0v) is 16.8. The second-order valence-electron chi connectivity index (χ2n) is 7.64. The van der Waals surface area contributed by atoms with Crippen molar-refractivity contribution in [3.63, 3.8) is 0 Å². The number of ether oxygens (including phenoxy) is 2. The van der Waals surface area contributed by atoms with Crippen molar-refractivity contribution in [1.29, 1.82) is 0 Å². The fraction of sp³-hybridized carbons (Fsp3) is 0.579. The second kappa shape index (κ2) is 8.04. The van der Waals surface area contributed by atoms with Gasteiger partial charge >= 0.3 is 11.9 Å². The highest BCUT2D eigenvalue weighted by Gasteiger charge is 2.28. The summed E-state index contributed by atoms with van der Waals surface area (Å²) in [5.74, 6) is -0.906. The average molecular weight is 364 g/mol. The molecule has 0 heterocycles. The van der Waals surface area contributed by atoms with Gasteiger partial charge in [-0.05, 0) is 64.3 Å². The van der Waals surface area contributed by atoms with Crippen LogP contribution < -0.4 is 0 Å². The molecule has 1 atom stereocenters. The summed E-state index contributed by atoms with van der Waals surface area (Å²) < 4.78 is 10.8. The minimum absolute atomic E-state index is 0.0304. The Morgan fingerprint density at radius 3 is 2.28 bits per heavy atom. The molecule has 0 aliphatic heterocycles. The molecule has 0 aliphatic rings. The van der Waals surface area contributed by atoms with Crippen LogP contribution in [0.1, 0.15) is 63.9 Å². The number of phenols is 1. The predicted molar refractivity (Wildman–Crippen MR) is 96.9 cm³/mol. The van der Waals surface area contributed by atoms with Gasteiger partial charge in [0.25, 0.3) is 0 Å². The SMILES string of the molecule is CC([Si])C(C)(C)OC(=O)c1cc(O)ccc1CCC(=O)OC(C)(C)C. The molecule has 0 bridgehead atoms. The van der Waals surface area contributed by atoms with Crippen LogP contribution in [0, 0.1) is 0 Å². The van der Waals surface area contributed by atoms with Gasteiger partial charge in [0.1, 0.15) is 17.0 Å². The number of carbonyl (C=O) groups is 2. The van der Waals surface area contributed by atoms with E-state index in [0.29, 0.717) is 12.0 Å². The maximum absolute atomic E-state index is 12.5. The number of aromatic hydroxyl groups is 1. The summed E-state index contributed by atoms with van der Waals surface area (Å²) in [6, 6.07) is 4.47. The molecular weight excluding hydrogens is 336 g/mol. The van der Waals surface area contributed by atoms with Gasteiger partial charge in [0.15, 0.2) is 0 Å². The van der Waals surface area contributed by atoms with E-state index in [1.165, 1.54) is 12.1 Å². The Balaban J connectivity index is 2.92. The van der Waals surface area contributed by atoms with Crippen molar-refractivity contribution in [2.24, 2.45) is 0 Å². The first-order valence-corrected chi connectivity index (χ1v) is 8.88. The maximum Gasteiger partial charge on any atom is 0.339 e. The molecule has 0 amide bonds. The molecule has 1 aromatic carbocycles. The van der Waals surface area contributed by atoms with Crippen LogP contribution in [0.2, 0.25) is 5.54 Å². The molecule has 1 N–H and O–H groups in total. The van der Waals surface area contributed by atoms with E-state index in [4.69, 9.17) is 9.47 Å². The number of benzene rings is 1. The van der Waals surface area contributed by atoms with Crippen molar-refractivity contribution in [2.75, 3.05) is 0 Å². The molecule has 5 nitrogen and oxygen atoms in total. The van der Waals surface area contributed by atoms with Gasteiger partial charge in [-0.25, -0.2) is 4.79 Å². The average Bonchev–Trinajstić information content (AvgIpc) is 2.43. The molecule has 1 rings (SSSR count). The molecule has 0 fully saturated rings. The number of hydrogen-bond acceptors (Lipinski definition) is 5. The molecule has 3 radical (unpaired) electrons. The minimum Gasteiger partial charge on any atom is -0.508 e. The quantitative estimate of drug-likeness (QED) is 0.618. The molecule has 1 aromatic rings. The fourth-order valence-corrected chi connectivity index (χ4v) is 2.04. The molecule has 1 unspecified atom stereocenters. The van der Waals surface area contributed by atoms with E-state index >= 15 is 0 Å². The summed E-state index contributed by atoms with van der Waals surface area (Å²) in [4.78, 5) is 24.4. The Hall–Kier alpha value is -1.82. The summed E-state index contributed by atoms with van der Waals surface area (Å²) in [6.45, 7) is 10.9. The molecule has 6 heteroatoms. The van der Waals surface area contributed by atoms with Crippen molar-refractivity contribution in [1.82, 2.24) is 0 Å². The normalized spacial score (nSPS) is 13.2. The highest BCUT2D eigenvalue weighted by atomic mass is 28.1. The summed E-state index contributed by atoms with van der Waals surface area (Å²) in [5.41, 5.74) is -0.445. The van der Waals surface area contributed by atoms with Gasteiger partial charge < -0.3 is 14.6 Å². The number of esters is 2. The van der Waals surface area contributed by atoms with Crippen molar-refractivity contribution >= 4 is 22.2 Å². The molecule has 0 saturated heterocycles. The summed E-state index contributed by atoms with van der Waals surface area (Å²) in [5, 5.41) is 9.72. The van der Waals surface area contributed by atoms with Crippen LogP contribution >= 0.6 is 0 Å². The van der Waals surface area contributed by atoms with Gasteiger partial charge in [-0.3, -0.25) is 4.79 Å². The van der Waals surface area contributed by atoms with E-state index in [-0.39, 0.29) is 29.2 Å². The van der Waals surface area contributed by atoms with E-state index in [2.05, 4.69) is 10.2 Å². The highest BCUT2D eigenvalue weighted by Crippen LogP contribution is 2.27. The Morgan fingerprint density at radius 2 is 1.76 bits per heavy atom. The van der Waals surface area contributed by atoms with Crippen LogP contribution in [0.3, 0.4) is 0 Å². The largest absolute Gasteiger partial charge is 0.508 e. The van der Waals surface area contributed by atoms with Crippen molar-refractivity contribution in [2.45, 2.75) is 71.1 Å². The lowest BCUT2D eigenvalue weighted by molar-refractivity contribution is -0.154. The first-order chi connectivity index (χ1) is 11.3. The van der Waals surface area contributed by atoms with Crippen molar-refractivity contribution in [3.05, 3.63) is 29.3 Å². The van der Waals surface area contributed by atoms with Gasteiger partial charge in [-0.1, -0.05) is 13.0 Å². The number of phenolic OH excluding ortho intramolecular Hbond substituents is 1. The molecule has 137 valence electrons. The van der Waals surface area contributed by atoms with Crippen molar-refractivity contribution < 1.29 is 24.2 Å². The first-order valence-electron chi connectivity index (χ1n) is 8.30. The minimum atomic E-state index is -0.720. The Morgan fingerprint density at radius 1 is 1.16 bits per heavy atom. The lowest BCUT2D eigenvalue weighted by Crippen LogP contribution is -2.32. The molecule has 25 heavy (non-hydrogen) atoms. The van der Waals surface area contributed by atoms with Crippen LogP contribution in [-0.4, -0.2) is 38.5 Å². The van der Waals surface area contributed by atoms with Gasteiger partial charge in [0, 0.05) is 16.7 Å².